The summed E-state index contributed by atoms with van der Waals surface area (Å²) in [5.74, 6) is 0.448. The van der Waals surface area contributed by atoms with Crippen molar-refractivity contribution in [3.63, 3.8) is 0 Å². The third-order valence-corrected chi connectivity index (χ3v) is 5.39. The van der Waals surface area contributed by atoms with Crippen LogP contribution in [0.15, 0.2) is 84.0 Å². The lowest BCUT2D eigenvalue weighted by atomic mass is 10.1. The molecule has 4 aromatic rings. The number of methoxy groups -OCH3 is 1. The second-order valence-electron chi connectivity index (χ2n) is 7.43. The lowest BCUT2D eigenvalue weighted by molar-refractivity contribution is -0.119. The Kier molecular flexibility index (Phi) is 6.51. The maximum absolute atomic E-state index is 12.3. The van der Waals surface area contributed by atoms with E-state index in [1.165, 1.54) is 5.56 Å². The van der Waals surface area contributed by atoms with Crippen LogP contribution in [0, 0.1) is 6.92 Å². The maximum atomic E-state index is 12.3. The molecular weight excluding hydrogens is 400 g/mol. The summed E-state index contributed by atoms with van der Waals surface area (Å²) in [5, 5.41) is 8.39. The van der Waals surface area contributed by atoms with E-state index < -0.39 is 0 Å². The molecule has 0 unspecified atom stereocenters. The first-order chi connectivity index (χ1) is 15.7. The number of aromatic nitrogens is 1. The first-order valence-corrected chi connectivity index (χ1v) is 10.5. The van der Waals surface area contributed by atoms with Crippen molar-refractivity contribution in [3.8, 4) is 5.75 Å². The van der Waals surface area contributed by atoms with Crippen molar-refractivity contribution in [2.45, 2.75) is 13.5 Å². The summed E-state index contributed by atoms with van der Waals surface area (Å²) in [5.41, 5.74) is 7.83. The normalized spacial score (nSPS) is 11.1. The molecule has 162 valence electrons. The summed E-state index contributed by atoms with van der Waals surface area (Å²) < 4.78 is 7.56. The molecule has 0 bridgehead atoms. The molecule has 0 spiro atoms. The van der Waals surface area contributed by atoms with E-state index in [2.05, 4.69) is 51.6 Å². The van der Waals surface area contributed by atoms with Crippen LogP contribution in [0.4, 0.5) is 5.69 Å². The number of nitrogens with one attached hydrogen (secondary N) is 2. The van der Waals surface area contributed by atoms with Gasteiger partial charge in [0.2, 0.25) is 0 Å². The minimum Gasteiger partial charge on any atom is -0.495 e. The van der Waals surface area contributed by atoms with Crippen molar-refractivity contribution in [1.29, 1.82) is 0 Å². The van der Waals surface area contributed by atoms with E-state index >= 15 is 0 Å². The number of anilines is 1. The SMILES string of the molecule is COc1ccccc1NCC(=O)N/N=C\c1c(C)n(Cc2ccccc2)c2ccccc12. The van der Waals surface area contributed by atoms with Crippen LogP contribution in [-0.4, -0.2) is 30.3 Å². The first kappa shape index (κ1) is 21.2. The van der Waals surface area contributed by atoms with E-state index in [0.717, 1.165) is 34.4 Å². The Hall–Kier alpha value is -4.06. The molecule has 0 aliphatic carbocycles. The quantitative estimate of drug-likeness (QED) is 0.320. The number of amides is 1. The average Bonchev–Trinajstić information content (AvgIpc) is 3.09. The summed E-state index contributed by atoms with van der Waals surface area (Å²) >= 11 is 0. The molecule has 0 fully saturated rings. The molecule has 1 amide bonds. The van der Waals surface area contributed by atoms with Gasteiger partial charge >= 0.3 is 0 Å². The second kappa shape index (κ2) is 9.83. The zero-order valence-corrected chi connectivity index (χ0v) is 18.2. The van der Waals surface area contributed by atoms with Gasteiger partial charge in [-0.1, -0.05) is 60.7 Å². The molecule has 1 heterocycles. The molecule has 0 saturated heterocycles. The Labute approximate surface area is 187 Å². The zero-order chi connectivity index (χ0) is 22.3. The van der Waals surface area contributed by atoms with E-state index in [4.69, 9.17) is 4.74 Å². The molecule has 0 saturated carbocycles. The van der Waals surface area contributed by atoms with Gasteiger partial charge in [0, 0.05) is 28.7 Å². The fourth-order valence-corrected chi connectivity index (χ4v) is 3.76. The van der Waals surface area contributed by atoms with Crippen LogP contribution in [0.1, 0.15) is 16.8 Å². The van der Waals surface area contributed by atoms with E-state index in [0.29, 0.717) is 5.75 Å². The van der Waals surface area contributed by atoms with Crippen LogP contribution in [0.25, 0.3) is 10.9 Å². The summed E-state index contributed by atoms with van der Waals surface area (Å²) in [4.78, 5) is 12.3. The molecule has 1 aromatic heterocycles. The highest BCUT2D eigenvalue weighted by molar-refractivity contribution is 6.01. The van der Waals surface area contributed by atoms with Crippen LogP contribution in [0.5, 0.6) is 5.75 Å². The van der Waals surface area contributed by atoms with Gasteiger partial charge in [-0.25, -0.2) is 5.43 Å². The van der Waals surface area contributed by atoms with Crippen LogP contribution < -0.4 is 15.5 Å². The largest absolute Gasteiger partial charge is 0.495 e. The van der Waals surface area contributed by atoms with Gasteiger partial charge in [0.25, 0.3) is 5.91 Å². The van der Waals surface area contributed by atoms with Crippen molar-refractivity contribution in [2.75, 3.05) is 19.0 Å². The second-order valence-corrected chi connectivity index (χ2v) is 7.43. The van der Waals surface area contributed by atoms with E-state index in [1.807, 2.05) is 54.6 Å². The number of hydrogen-bond acceptors (Lipinski definition) is 4. The Morgan fingerprint density at radius 1 is 1.00 bits per heavy atom. The molecule has 3 aromatic carbocycles. The van der Waals surface area contributed by atoms with E-state index in [1.54, 1.807) is 13.3 Å². The highest BCUT2D eigenvalue weighted by Crippen LogP contribution is 2.25. The molecular formula is C26H26N4O2. The topological polar surface area (TPSA) is 67.7 Å². The van der Waals surface area contributed by atoms with Crippen molar-refractivity contribution in [1.82, 2.24) is 9.99 Å². The minimum absolute atomic E-state index is 0.0897. The van der Waals surface area contributed by atoms with Gasteiger partial charge in [-0.2, -0.15) is 5.10 Å². The Balaban J connectivity index is 1.48. The monoisotopic (exact) mass is 426 g/mol. The Morgan fingerprint density at radius 3 is 2.53 bits per heavy atom. The van der Waals surface area contributed by atoms with Crippen molar-refractivity contribution in [3.05, 3.63) is 95.7 Å². The van der Waals surface area contributed by atoms with Gasteiger partial charge in [0.05, 0.1) is 25.6 Å². The van der Waals surface area contributed by atoms with Gasteiger partial charge in [-0.3, -0.25) is 4.79 Å². The van der Waals surface area contributed by atoms with Gasteiger partial charge in [-0.15, -0.1) is 0 Å². The summed E-state index contributed by atoms with van der Waals surface area (Å²) in [6.07, 6.45) is 1.72. The lowest BCUT2D eigenvalue weighted by Crippen LogP contribution is -2.26. The third kappa shape index (κ3) is 4.64. The smallest absolute Gasteiger partial charge is 0.259 e. The standard InChI is InChI=1S/C26H26N4O2/c1-19-22(16-28-29-26(31)17-27-23-13-7-9-15-25(23)32-2)21-12-6-8-14-24(21)30(19)18-20-10-4-3-5-11-20/h3-16,27H,17-18H2,1-2H3,(H,29,31)/b28-16-. The Morgan fingerprint density at radius 2 is 1.72 bits per heavy atom. The summed E-state index contributed by atoms with van der Waals surface area (Å²) in [6.45, 7) is 2.94. The number of hydrogen-bond donors (Lipinski definition) is 2. The number of benzene rings is 3. The van der Waals surface area contributed by atoms with Gasteiger partial charge in [0.1, 0.15) is 5.75 Å². The fourth-order valence-electron chi connectivity index (χ4n) is 3.76. The molecule has 0 radical (unpaired) electrons. The van der Waals surface area contributed by atoms with Gasteiger partial charge < -0.3 is 14.6 Å². The van der Waals surface area contributed by atoms with Crippen molar-refractivity contribution in [2.24, 2.45) is 5.10 Å². The van der Waals surface area contributed by atoms with Gasteiger partial charge in [0.15, 0.2) is 0 Å². The molecule has 0 atom stereocenters. The highest BCUT2D eigenvalue weighted by Gasteiger charge is 2.13. The van der Waals surface area contributed by atoms with Crippen LogP contribution in [-0.2, 0) is 11.3 Å². The van der Waals surface area contributed by atoms with Gasteiger partial charge in [-0.05, 0) is 30.7 Å². The number of carbonyl (C=O) groups excluding carboxylic acids is 1. The van der Waals surface area contributed by atoms with Crippen molar-refractivity contribution < 1.29 is 9.53 Å². The summed E-state index contributed by atoms with van der Waals surface area (Å²) in [7, 11) is 1.60. The number of rotatable bonds is 8. The first-order valence-electron chi connectivity index (χ1n) is 10.5. The maximum Gasteiger partial charge on any atom is 0.259 e. The molecule has 4 rings (SSSR count). The number of ether oxygens (including phenoxy) is 1. The average molecular weight is 427 g/mol. The number of fused-ring (bicyclic) bond motifs is 1. The van der Waals surface area contributed by atoms with Crippen LogP contribution in [0.3, 0.4) is 0 Å². The van der Waals surface area contributed by atoms with Crippen LogP contribution >= 0.6 is 0 Å². The van der Waals surface area contributed by atoms with Crippen LogP contribution in [0.2, 0.25) is 0 Å². The number of carbonyl (C=O) groups is 1. The molecule has 6 nitrogen and oxygen atoms in total. The third-order valence-electron chi connectivity index (χ3n) is 5.39. The molecule has 0 aliphatic heterocycles. The number of nitrogens with zero attached hydrogens (tertiary/aromatic N) is 2. The minimum atomic E-state index is -0.238. The Bertz CT molecular complexity index is 1250. The van der Waals surface area contributed by atoms with E-state index in [-0.39, 0.29) is 12.5 Å². The molecule has 6 heteroatoms. The zero-order valence-electron chi connectivity index (χ0n) is 18.2. The number of hydrazone groups is 1. The molecule has 2 N–H and O–H groups in total. The van der Waals surface area contributed by atoms with Crippen molar-refractivity contribution >= 4 is 28.7 Å². The molecule has 32 heavy (non-hydrogen) atoms. The summed E-state index contributed by atoms with van der Waals surface area (Å²) in [6, 6.07) is 26.1. The predicted molar refractivity (Wildman–Crippen MR) is 129 cm³/mol. The predicted octanol–water partition coefficient (Wildman–Crippen LogP) is 4.57. The molecule has 0 aliphatic rings. The lowest BCUT2D eigenvalue weighted by Gasteiger charge is -2.09. The number of para-hydroxylation sites is 3. The fraction of sp³-hybridized carbons (Fsp3) is 0.154. The highest BCUT2D eigenvalue weighted by atomic mass is 16.5. The van der Waals surface area contributed by atoms with E-state index in [9.17, 15) is 4.79 Å².